The number of carbonyl (C=O) groups excluding carboxylic acids is 2. The lowest BCUT2D eigenvalue weighted by Crippen LogP contribution is -2.30. The second-order valence-electron chi connectivity index (χ2n) is 3.15. The zero-order valence-corrected chi connectivity index (χ0v) is 8.49. The molecule has 5 heteroatoms. The summed E-state index contributed by atoms with van der Waals surface area (Å²) in [4.78, 5) is 23.9. The van der Waals surface area contributed by atoms with Gasteiger partial charge in [0, 0.05) is 13.1 Å². The zero-order chi connectivity index (χ0) is 10.6. The van der Waals surface area contributed by atoms with E-state index in [1.165, 1.54) is 12.0 Å². The Morgan fingerprint density at radius 2 is 2.21 bits per heavy atom. The number of methoxy groups -OCH3 is 1. The molecule has 80 valence electrons. The highest BCUT2D eigenvalue weighted by molar-refractivity contribution is 5.75. The summed E-state index contributed by atoms with van der Waals surface area (Å²) in [5.41, 5.74) is 0. The Labute approximate surface area is 83.0 Å². The van der Waals surface area contributed by atoms with Crippen LogP contribution in [0.25, 0.3) is 0 Å². The molecule has 0 aromatic heterocycles. The molecule has 5 nitrogen and oxygen atoms in total. The SMILES string of the molecule is CCOC(=O)N1CC[C@H](C(=O)OC)C1. The van der Waals surface area contributed by atoms with Crippen LogP contribution in [0.15, 0.2) is 0 Å². The van der Waals surface area contributed by atoms with Gasteiger partial charge in [-0.05, 0) is 13.3 Å². The largest absolute Gasteiger partial charge is 0.469 e. The topological polar surface area (TPSA) is 55.8 Å². The molecule has 0 radical (unpaired) electrons. The van der Waals surface area contributed by atoms with Gasteiger partial charge in [0.05, 0.1) is 19.6 Å². The Morgan fingerprint density at radius 1 is 1.50 bits per heavy atom. The van der Waals surface area contributed by atoms with Crippen LogP contribution in [-0.4, -0.2) is 43.8 Å². The molecule has 1 amide bonds. The molecule has 0 aromatic carbocycles. The fourth-order valence-electron chi connectivity index (χ4n) is 1.50. The molecular formula is C9H15NO4. The molecular weight excluding hydrogens is 186 g/mol. The normalized spacial score (nSPS) is 20.7. The summed E-state index contributed by atoms with van der Waals surface area (Å²) in [6, 6.07) is 0. The summed E-state index contributed by atoms with van der Waals surface area (Å²) >= 11 is 0. The first kappa shape index (κ1) is 10.8. The van der Waals surface area contributed by atoms with Crippen LogP contribution in [0, 0.1) is 5.92 Å². The van der Waals surface area contributed by atoms with Crippen molar-refractivity contribution in [2.24, 2.45) is 5.92 Å². The van der Waals surface area contributed by atoms with Gasteiger partial charge in [-0.2, -0.15) is 0 Å². The maximum absolute atomic E-state index is 11.3. The minimum Gasteiger partial charge on any atom is -0.469 e. The Kier molecular flexibility index (Phi) is 3.73. The van der Waals surface area contributed by atoms with Crippen LogP contribution >= 0.6 is 0 Å². The number of hydrogen-bond donors (Lipinski definition) is 0. The van der Waals surface area contributed by atoms with E-state index in [0.29, 0.717) is 26.1 Å². The van der Waals surface area contributed by atoms with Crippen molar-refractivity contribution in [2.45, 2.75) is 13.3 Å². The van der Waals surface area contributed by atoms with Crippen molar-refractivity contribution in [3.8, 4) is 0 Å². The molecule has 1 aliphatic rings. The minimum absolute atomic E-state index is 0.190. The van der Waals surface area contributed by atoms with Crippen LogP contribution in [0.5, 0.6) is 0 Å². The monoisotopic (exact) mass is 201 g/mol. The maximum atomic E-state index is 11.3. The molecule has 0 N–H and O–H groups in total. The van der Waals surface area contributed by atoms with Gasteiger partial charge in [-0.25, -0.2) is 4.79 Å². The highest BCUT2D eigenvalue weighted by atomic mass is 16.6. The van der Waals surface area contributed by atoms with Crippen LogP contribution in [0.3, 0.4) is 0 Å². The summed E-state index contributed by atoms with van der Waals surface area (Å²) in [6.07, 6.45) is 0.310. The number of rotatable bonds is 2. The standard InChI is InChI=1S/C9H15NO4/c1-3-14-9(12)10-5-4-7(6-10)8(11)13-2/h7H,3-6H2,1-2H3/t7-/m0/s1. The van der Waals surface area contributed by atoms with Crippen LogP contribution in [-0.2, 0) is 14.3 Å². The summed E-state index contributed by atoms with van der Waals surface area (Å²) in [7, 11) is 1.36. The quantitative estimate of drug-likeness (QED) is 0.615. The molecule has 1 fully saturated rings. The molecule has 1 atom stereocenters. The second-order valence-corrected chi connectivity index (χ2v) is 3.15. The van der Waals surface area contributed by atoms with E-state index in [1.807, 2.05) is 0 Å². The number of hydrogen-bond acceptors (Lipinski definition) is 4. The molecule has 0 bridgehead atoms. The van der Waals surface area contributed by atoms with Gasteiger partial charge in [0.2, 0.25) is 0 Å². The predicted octanol–water partition coefficient (Wildman–Crippen LogP) is 0.638. The Hall–Kier alpha value is -1.26. The molecule has 0 aliphatic carbocycles. The van der Waals surface area contributed by atoms with E-state index in [0.717, 1.165) is 0 Å². The minimum atomic E-state index is -0.348. The van der Waals surface area contributed by atoms with Crippen molar-refractivity contribution >= 4 is 12.1 Å². The van der Waals surface area contributed by atoms with Crippen LogP contribution in [0.2, 0.25) is 0 Å². The van der Waals surface area contributed by atoms with E-state index in [4.69, 9.17) is 4.74 Å². The first-order valence-corrected chi connectivity index (χ1v) is 4.68. The molecule has 14 heavy (non-hydrogen) atoms. The fourth-order valence-corrected chi connectivity index (χ4v) is 1.50. The van der Waals surface area contributed by atoms with E-state index in [-0.39, 0.29) is 18.0 Å². The smallest absolute Gasteiger partial charge is 0.409 e. The van der Waals surface area contributed by atoms with Crippen LogP contribution in [0.4, 0.5) is 4.79 Å². The third-order valence-electron chi connectivity index (χ3n) is 2.25. The maximum Gasteiger partial charge on any atom is 0.409 e. The summed E-state index contributed by atoms with van der Waals surface area (Å²) in [5.74, 6) is -0.443. The van der Waals surface area contributed by atoms with Gasteiger partial charge in [0.1, 0.15) is 0 Å². The lowest BCUT2D eigenvalue weighted by Gasteiger charge is -2.14. The van der Waals surface area contributed by atoms with Crippen LogP contribution < -0.4 is 0 Å². The van der Waals surface area contributed by atoms with E-state index in [2.05, 4.69) is 4.74 Å². The first-order valence-electron chi connectivity index (χ1n) is 4.68. The summed E-state index contributed by atoms with van der Waals surface area (Å²) in [5, 5.41) is 0. The second kappa shape index (κ2) is 4.83. The highest BCUT2D eigenvalue weighted by Crippen LogP contribution is 2.17. The van der Waals surface area contributed by atoms with Crippen molar-refractivity contribution in [1.29, 1.82) is 0 Å². The van der Waals surface area contributed by atoms with Crippen LogP contribution in [0.1, 0.15) is 13.3 Å². The summed E-state index contributed by atoms with van der Waals surface area (Å²) in [6.45, 7) is 3.09. The van der Waals surface area contributed by atoms with E-state index in [1.54, 1.807) is 6.92 Å². The van der Waals surface area contributed by atoms with Gasteiger partial charge < -0.3 is 14.4 Å². The highest BCUT2D eigenvalue weighted by Gasteiger charge is 2.32. The van der Waals surface area contributed by atoms with Gasteiger partial charge in [-0.1, -0.05) is 0 Å². The number of esters is 1. The van der Waals surface area contributed by atoms with E-state index in [9.17, 15) is 9.59 Å². The number of carbonyl (C=O) groups is 2. The van der Waals surface area contributed by atoms with Gasteiger partial charge in [0.15, 0.2) is 0 Å². The lowest BCUT2D eigenvalue weighted by atomic mass is 10.1. The molecule has 1 aliphatic heterocycles. The number of amides is 1. The average molecular weight is 201 g/mol. The van der Waals surface area contributed by atoms with Crippen molar-refractivity contribution in [1.82, 2.24) is 4.90 Å². The third-order valence-corrected chi connectivity index (χ3v) is 2.25. The zero-order valence-electron chi connectivity index (χ0n) is 8.49. The van der Waals surface area contributed by atoms with Gasteiger partial charge in [-0.15, -0.1) is 0 Å². The number of ether oxygens (including phenoxy) is 2. The molecule has 1 saturated heterocycles. The third kappa shape index (κ3) is 2.37. The van der Waals surface area contributed by atoms with Gasteiger partial charge in [-0.3, -0.25) is 4.79 Å². The average Bonchev–Trinajstić information content (AvgIpc) is 2.66. The molecule has 1 heterocycles. The molecule has 0 saturated carbocycles. The van der Waals surface area contributed by atoms with Crippen molar-refractivity contribution < 1.29 is 19.1 Å². The van der Waals surface area contributed by atoms with E-state index >= 15 is 0 Å². The molecule has 1 rings (SSSR count). The van der Waals surface area contributed by atoms with Gasteiger partial charge >= 0.3 is 12.1 Å². The first-order chi connectivity index (χ1) is 6.69. The number of likely N-dealkylation sites (tertiary alicyclic amines) is 1. The molecule has 0 unspecified atom stereocenters. The van der Waals surface area contributed by atoms with Gasteiger partial charge in [0.25, 0.3) is 0 Å². The molecule has 0 aromatic rings. The lowest BCUT2D eigenvalue weighted by molar-refractivity contribution is -0.144. The fraction of sp³-hybridized carbons (Fsp3) is 0.778. The summed E-state index contributed by atoms with van der Waals surface area (Å²) < 4.78 is 9.43. The Morgan fingerprint density at radius 3 is 2.79 bits per heavy atom. The Balaban J connectivity index is 2.41. The van der Waals surface area contributed by atoms with Crippen molar-refractivity contribution in [3.63, 3.8) is 0 Å². The Bertz CT molecular complexity index is 229. The van der Waals surface area contributed by atoms with E-state index < -0.39 is 0 Å². The van der Waals surface area contributed by atoms with Crippen molar-refractivity contribution in [3.05, 3.63) is 0 Å². The van der Waals surface area contributed by atoms with Crippen molar-refractivity contribution in [2.75, 3.05) is 26.8 Å². The number of nitrogens with zero attached hydrogens (tertiary/aromatic N) is 1. The predicted molar refractivity (Wildman–Crippen MR) is 48.7 cm³/mol. The molecule has 0 spiro atoms.